The van der Waals surface area contributed by atoms with Gasteiger partial charge in [0.15, 0.2) is 0 Å². The molecule has 9 heteroatoms. The third kappa shape index (κ3) is 7.16. The number of ether oxygens (including phenoxy) is 1. The van der Waals surface area contributed by atoms with Gasteiger partial charge in [0.2, 0.25) is 0 Å². The van der Waals surface area contributed by atoms with E-state index in [-0.39, 0.29) is 6.61 Å². The molecule has 0 saturated carbocycles. The van der Waals surface area contributed by atoms with E-state index in [1.165, 1.54) is 0 Å². The van der Waals surface area contributed by atoms with E-state index in [2.05, 4.69) is 15.3 Å². The highest BCUT2D eigenvalue weighted by Gasteiger charge is 2.10. The fourth-order valence-electron chi connectivity index (χ4n) is 1.78. The number of carboxylic acid groups (broad SMARTS) is 1. The summed E-state index contributed by atoms with van der Waals surface area (Å²) >= 11 is 0. The highest BCUT2D eigenvalue weighted by atomic mass is 16.5. The molecule has 0 saturated heterocycles. The number of azide groups is 1. The fourth-order valence-corrected chi connectivity index (χ4v) is 1.78. The number of rotatable bonds is 9. The van der Waals surface area contributed by atoms with Crippen LogP contribution in [0.2, 0.25) is 0 Å². The molecule has 1 aromatic carbocycles. The summed E-state index contributed by atoms with van der Waals surface area (Å²) in [4.78, 5) is 24.8. The summed E-state index contributed by atoms with van der Waals surface area (Å²) in [7, 11) is 0. The van der Waals surface area contributed by atoms with Crippen molar-refractivity contribution in [1.29, 1.82) is 0 Å². The van der Waals surface area contributed by atoms with Crippen LogP contribution in [0, 0.1) is 0 Å². The predicted octanol–water partition coefficient (Wildman–Crippen LogP) is 2.44. The second kappa shape index (κ2) is 10.0. The van der Waals surface area contributed by atoms with E-state index in [0.29, 0.717) is 37.1 Å². The van der Waals surface area contributed by atoms with Crippen LogP contribution in [-0.4, -0.2) is 29.8 Å². The summed E-state index contributed by atoms with van der Waals surface area (Å²) in [5, 5.41) is 14.7. The average molecular weight is 321 g/mol. The smallest absolute Gasteiger partial charge is 0.407 e. The van der Waals surface area contributed by atoms with Gasteiger partial charge in [-0.2, -0.15) is 0 Å². The lowest BCUT2D eigenvalue weighted by Crippen LogP contribution is -2.30. The zero-order valence-corrected chi connectivity index (χ0v) is 12.5. The summed E-state index contributed by atoms with van der Waals surface area (Å²) in [5.41, 5.74) is 14.8. The number of nitrogens with two attached hydrogens (primary N) is 1. The maximum atomic E-state index is 11.5. The molecule has 0 unspecified atom stereocenters. The first-order valence-electron chi connectivity index (χ1n) is 7.06. The molecule has 1 rings (SSSR count). The van der Waals surface area contributed by atoms with E-state index < -0.39 is 18.1 Å². The van der Waals surface area contributed by atoms with Crippen LogP contribution < -0.4 is 11.1 Å². The van der Waals surface area contributed by atoms with Gasteiger partial charge < -0.3 is 20.9 Å². The number of carboxylic acids is 1. The third-order valence-corrected chi connectivity index (χ3v) is 3.03. The standard InChI is InChI=1S/C14H19N5O4/c15-11(13(20)21)6-3-4-8-17-14(22)23-9-10-5-1-2-7-12(10)18-19-16/h1-2,5,7,11H,3-4,6,8-9,15H2,(H,17,22)(H,20,21)/t11-/m0/s1. The molecule has 0 aliphatic heterocycles. The summed E-state index contributed by atoms with van der Waals surface area (Å²) in [6, 6.07) is 5.92. The molecule has 0 fully saturated rings. The van der Waals surface area contributed by atoms with Crippen LogP contribution in [0.25, 0.3) is 10.4 Å². The lowest BCUT2D eigenvalue weighted by Gasteiger charge is -2.09. The number of nitrogens with zero attached hydrogens (tertiary/aromatic N) is 3. The second-order valence-electron chi connectivity index (χ2n) is 4.76. The van der Waals surface area contributed by atoms with Crippen molar-refractivity contribution in [3.05, 3.63) is 40.3 Å². The van der Waals surface area contributed by atoms with Gasteiger partial charge in [-0.1, -0.05) is 29.4 Å². The average Bonchev–Trinajstić information content (AvgIpc) is 2.53. The lowest BCUT2D eigenvalue weighted by atomic mass is 10.1. The molecule has 0 aliphatic rings. The summed E-state index contributed by atoms with van der Waals surface area (Å²) in [6.07, 6.45) is 0.952. The summed E-state index contributed by atoms with van der Waals surface area (Å²) in [6.45, 7) is 0.355. The predicted molar refractivity (Wildman–Crippen MR) is 82.9 cm³/mol. The number of aliphatic carboxylic acids is 1. The first-order valence-corrected chi connectivity index (χ1v) is 7.06. The second-order valence-corrected chi connectivity index (χ2v) is 4.76. The number of unbranched alkanes of at least 4 members (excludes halogenated alkanes) is 1. The minimum absolute atomic E-state index is 0.00901. The Morgan fingerprint density at radius 2 is 2.13 bits per heavy atom. The molecular formula is C14H19N5O4. The van der Waals surface area contributed by atoms with Crippen LogP contribution in [0.15, 0.2) is 29.4 Å². The first kappa shape index (κ1) is 18.3. The van der Waals surface area contributed by atoms with E-state index in [1.807, 2.05) is 0 Å². The van der Waals surface area contributed by atoms with Crippen LogP contribution >= 0.6 is 0 Å². The highest BCUT2D eigenvalue weighted by Crippen LogP contribution is 2.19. The van der Waals surface area contributed by atoms with Crippen molar-refractivity contribution < 1.29 is 19.4 Å². The van der Waals surface area contributed by atoms with Gasteiger partial charge in [-0.25, -0.2) is 4.79 Å². The molecule has 4 N–H and O–H groups in total. The van der Waals surface area contributed by atoms with Crippen LogP contribution in [0.4, 0.5) is 10.5 Å². The number of hydrogen-bond acceptors (Lipinski definition) is 5. The van der Waals surface area contributed by atoms with Crippen LogP contribution in [0.5, 0.6) is 0 Å². The van der Waals surface area contributed by atoms with E-state index >= 15 is 0 Å². The van der Waals surface area contributed by atoms with Crippen molar-refractivity contribution in [3.8, 4) is 0 Å². The van der Waals surface area contributed by atoms with Gasteiger partial charge in [0.1, 0.15) is 12.6 Å². The van der Waals surface area contributed by atoms with E-state index in [9.17, 15) is 9.59 Å². The Hall–Kier alpha value is -2.77. The monoisotopic (exact) mass is 321 g/mol. The highest BCUT2D eigenvalue weighted by molar-refractivity contribution is 5.72. The molecular weight excluding hydrogens is 302 g/mol. The lowest BCUT2D eigenvalue weighted by molar-refractivity contribution is -0.138. The number of hydrogen-bond donors (Lipinski definition) is 3. The number of carbonyl (C=O) groups is 2. The van der Waals surface area contributed by atoms with Crippen molar-refractivity contribution in [1.82, 2.24) is 5.32 Å². The van der Waals surface area contributed by atoms with Gasteiger partial charge in [0.05, 0.1) is 0 Å². The Balaban J connectivity index is 2.25. The molecule has 0 aliphatic carbocycles. The largest absolute Gasteiger partial charge is 0.480 e. The molecule has 1 amide bonds. The molecule has 9 nitrogen and oxygen atoms in total. The SMILES string of the molecule is [N-]=[N+]=Nc1ccccc1COC(=O)NCCCC[C@H](N)C(=O)O. The maximum absolute atomic E-state index is 11.5. The number of benzene rings is 1. The van der Waals surface area contributed by atoms with Gasteiger partial charge in [0.25, 0.3) is 0 Å². The number of alkyl carbamates (subject to hydrolysis) is 1. The van der Waals surface area contributed by atoms with E-state index in [0.717, 1.165) is 0 Å². The van der Waals surface area contributed by atoms with Gasteiger partial charge in [-0.15, -0.1) is 0 Å². The quantitative estimate of drug-likeness (QED) is 0.276. The van der Waals surface area contributed by atoms with Gasteiger partial charge >= 0.3 is 12.1 Å². The molecule has 0 bridgehead atoms. The Kier molecular flexibility index (Phi) is 7.98. The molecule has 1 atom stereocenters. The summed E-state index contributed by atoms with van der Waals surface area (Å²) in [5.74, 6) is -1.03. The van der Waals surface area contributed by atoms with Crippen molar-refractivity contribution in [3.63, 3.8) is 0 Å². The molecule has 0 spiro atoms. The minimum atomic E-state index is -1.03. The molecule has 124 valence electrons. The molecule has 0 aromatic heterocycles. The van der Waals surface area contributed by atoms with Crippen molar-refractivity contribution in [2.45, 2.75) is 31.9 Å². The van der Waals surface area contributed by atoms with Crippen molar-refractivity contribution in [2.24, 2.45) is 10.8 Å². The van der Waals surface area contributed by atoms with Gasteiger partial charge in [-0.05, 0) is 30.4 Å². The Bertz CT molecular complexity index is 586. The minimum Gasteiger partial charge on any atom is -0.480 e. The number of amides is 1. The molecule has 0 radical (unpaired) electrons. The topological polar surface area (TPSA) is 150 Å². The van der Waals surface area contributed by atoms with E-state index in [1.54, 1.807) is 24.3 Å². The van der Waals surface area contributed by atoms with Gasteiger partial charge in [-0.3, -0.25) is 4.79 Å². The zero-order valence-electron chi connectivity index (χ0n) is 12.5. The normalized spacial score (nSPS) is 11.2. The van der Waals surface area contributed by atoms with E-state index in [4.69, 9.17) is 21.1 Å². The van der Waals surface area contributed by atoms with Gasteiger partial charge in [0, 0.05) is 17.1 Å². The zero-order chi connectivity index (χ0) is 17.1. The molecule has 0 heterocycles. The molecule has 23 heavy (non-hydrogen) atoms. The van der Waals surface area contributed by atoms with Crippen molar-refractivity contribution in [2.75, 3.05) is 6.54 Å². The van der Waals surface area contributed by atoms with Crippen LogP contribution in [-0.2, 0) is 16.1 Å². The Morgan fingerprint density at radius 3 is 2.83 bits per heavy atom. The Morgan fingerprint density at radius 1 is 1.39 bits per heavy atom. The van der Waals surface area contributed by atoms with Crippen LogP contribution in [0.3, 0.4) is 0 Å². The summed E-state index contributed by atoms with van der Waals surface area (Å²) < 4.78 is 5.03. The van der Waals surface area contributed by atoms with Crippen molar-refractivity contribution >= 4 is 17.7 Å². The van der Waals surface area contributed by atoms with Crippen LogP contribution in [0.1, 0.15) is 24.8 Å². The third-order valence-electron chi connectivity index (χ3n) is 3.03. The maximum Gasteiger partial charge on any atom is 0.407 e. The number of nitrogens with one attached hydrogen (secondary N) is 1. The molecule has 1 aromatic rings. The Labute approximate surface area is 133 Å². The first-order chi connectivity index (χ1) is 11.0. The fraction of sp³-hybridized carbons (Fsp3) is 0.429. The number of carbonyl (C=O) groups excluding carboxylic acids is 1.